The first-order chi connectivity index (χ1) is 19.9. The molecule has 4 nitrogen and oxygen atoms in total. The van der Waals surface area contributed by atoms with E-state index in [0.717, 1.165) is 48.2 Å². The molecule has 0 bridgehead atoms. The van der Waals surface area contributed by atoms with Gasteiger partial charge in [-0.3, -0.25) is 4.79 Å². The molecule has 0 aliphatic rings. The highest BCUT2D eigenvalue weighted by molar-refractivity contribution is 6.30. The van der Waals surface area contributed by atoms with E-state index >= 15 is 0 Å². The Kier molecular flexibility index (Phi) is 14.4. The first kappa shape index (κ1) is 32.8. The van der Waals surface area contributed by atoms with Crippen LogP contribution in [-0.2, 0) is 11.2 Å². The van der Waals surface area contributed by atoms with E-state index in [1.54, 1.807) is 0 Å². The van der Waals surface area contributed by atoms with Crippen molar-refractivity contribution in [2.75, 3.05) is 0 Å². The van der Waals surface area contributed by atoms with Crippen LogP contribution in [0.4, 0.5) is 0 Å². The van der Waals surface area contributed by atoms with Gasteiger partial charge >= 0.3 is 5.97 Å². The minimum absolute atomic E-state index is 0.0794. The molecule has 0 saturated carbocycles. The SMILES string of the molecule is CCCCCCCCCCc1cnc(-c2ccc(-c3ccc(OC(=O)C(Cl)C(C)CCCC(C)C)cc3)cc2)nc1. The first-order valence-electron chi connectivity index (χ1n) is 15.7. The molecule has 1 aromatic heterocycles. The fraction of sp³-hybridized carbons (Fsp3) is 0.528. The molecule has 1 heterocycles. The largest absolute Gasteiger partial charge is 0.425 e. The molecule has 0 aliphatic carbocycles. The maximum atomic E-state index is 12.6. The fourth-order valence-corrected chi connectivity index (χ4v) is 5.19. The summed E-state index contributed by atoms with van der Waals surface area (Å²) in [7, 11) is 0. The van der Waals surface area contributed by atoms with Gasteiger partial charge in [0.1, 0.15) is 11.1 Å². The molecule has 222 valence electrons. The number of alkyl halides is 1. The molecule has 2 unspecified atom stereocenters. The second-order valence-corrected chi connectivity index (χ2v) is 12.3. The Morgan fingerprint density at radius 2 is 1.27 bits per heavy atom. The molecule has 5 heteroatoms. The summed E-state index contributed by atoms with van der Waals surface area (Å²) in [5.74, 6) is 1.61. The predicted octanol–water partition coefficient (Wildman–Crippen LogP) is 10.5. The summed E-state index contributed by atoms with van der Waals surface area (Å²) in [5, 5.41) is -0.643. The Hall–Kier alpha value is -2.72. The second kappa shape index (κ2) is 18.0. The molecule has 0 spiro atoms. The van der Waals surface area contributed by atoms with Gasteiger partial charge in [0.15, 0.2) is 5.82 Å². The van der Waals surface area contributed by atoms with Gasteiger partial charge in [0, 0.05) is 18.0 Å². The van der Waals surface area contributed by atoms with Crippen molar-refractivity contribution in [3.05, 3.63) is 66.5 Å². The molecule has 0 saturated heterocycles. The number of nitrogens with zero attached hydrogens (tertiary/aromatic N) is 2. The maximum absolute atomic E-state index is 12.6. The van der Waals surface area contributed by atoms with Crippen LogP contribution in [-0.4, -0.2) is 21.3 Å². The Bertz CT molecular complexity index is 1140. The van der Waals surface area contributed by atoms with E-state index < -0.39 is 5.38 Å². The Balaban J connectivity index is 1.46. The van der Waals surface area contributed by atoms with Gasteiger partial charge in [-0.2, -0.15) is 0 Å². The lowest BCUT2D eigenvalue weighted by molar-refractivity contribution is -0.134. The van der Waals surface area contributed by atoms with Gasteiger partial charge < -0.3 is 4.74 Å². The van der Waals surface area contributed by atoms with Crippen molar-refractivity contribution in [3.8, 4) is 28.3 Å². The minimum atomic E-state index is -0.643. The van der Waals surface area contributed by atoms with E-state index in [1.165, 1.54) is 56.9 Å². The highest BCUT2D eigenvalue weighted by Gasteiger charge is 2.24. The van der Waals surface area contributed by atoms with Gasteiger partial charge in [-0.05, 0) is 59.9 Å². The quantitative estimate of drug-likeness (QED) is 0.0654. The summed E-state index contributed by atoms with van der Waals surface area (Å²) < 4.78 is 5.57. The molecule has 0 amide bonds. The van der Waals surface area contributed by atoms with Crippen molar-refractivity contribution in [1.82, 2.24) is 9.97 Å². The van der Waals surface area contributed by atoms with Gasteiger partial charge in [0.25, 0.3) is 0 Å². The summed E-state index contributed by atoms with van der Waals surface area (Å²) in [4.78, 5) is 21.8. The van der Waals surface area contributed by atoms with Crippen LogP contribution in [0.25, 0.3) is 22.5 Å². The lowest BCUT2D eigenvalue weighted by atomic mass is 9.97. The first-order valence-corrected chi connectivity index (χ1v) is 16.2. The van der Waals surface area contributed by atoms with Crippen LogP contribution in [0.5, 0.6) is 5.75 Å². The Morgan fingerprint density at radius 1 is 0.732 bits per heavy atom. The molecule has 0 fully saturated rings. The molecule has 41 heavy (non-hydrogen) atoms. The zero-order valence-electron chi connectivity index (χ0n) is 25.6. The molecular weight excluding hydrogens is 528 g/mol. The standard InChI is InChI=1S/C36H49ClN2O2/c1-5-6-7-8-9-10-11-12-16-29-25-38-35(39-26-29)32-19-17-30(18-20-32)31-21-23-33(24-22-31)41-36(40)34(37)28(4)15-13-14-27(2)3/h17-28,34H,5-16H2,1-4H3. The number of ether oxygens (including phenoxy) is 1. The van der Waals surface area contributed by atoms with Crippen LogP contribution in [0.1, 0.15) is 104 Å². The van der Waals surface area contributed by atoms with Crippen molar-refractivity contribution in [1.29, 1.82) is 0 Å². The van der Waals surface area contributed by atoms with Gasteiger partial charge in [0.2, 0.25) is 0 Å². The van der Waals surface area contributed by atoms with Crippen molar-refractivity contribution in [2.24, 2.45) is 11.8 Å². The highest BCUT2D eigenvalue weighted by atomic mass is 35.5. The van der Waals surface area contributed by atoms with E-state index in [1.807, 2.05) is 43.6 Å². The summed E-state index contributed by atoms with van der Waals surface area (Å²) in [6.07, 6.45) is 18.7. The maximum Gasteiger partial charge on any atom is 0.329 e. The number of rotatable bonds is 18. The highest BCUT2D eigenvalue weighted by Crippen LogP contribution is 2.27. The van der Waals surface area contributed by atoms with Crippen molar-refractivity contribution in [2.45, 2.75) is 110 Å². The zero-order valence-corrected chi connectivity index (χ0v) is 26.3. The van der Waals surface area contributed by atoms with E-state index in [4.69, 9.17) is 16.3 Å². The monoisotopic (exact) mass is 576 g/mol. The van der Waals surface area contributed by atoms with Gasteiger partial charge in [0.05, 0.1) is 0 Å². The number of esters is 1. The van der Waals surface area contributed by atoms with Crippen molar-refractivity contribution >= 4 is 17.6 Å². The number of hydrogen-bond donors (Lipinski definition) is 0. The number of unbranched alkanes of at least 4 members (excludes halogenated alkanes) is 7. The van der Waals surface area contributed by atoms with E-state index in [2.05, 4.69) is 55.0 Å². The number of hydrogen-bond acceptors (Lipinski definition) is 4. The molecule has 2 aromatic carbocycles. The number of carbonyl (C=O) groups excluding carboxylic acids is 1. The molecular formula is C36H49ClN2O2. The summed E-state index contributed by atoms with van der Waals surface area (Å²) in [5.41, 5.74) is 4.32. The molecule has 0 N–H and O–H groups in total. The second-order valence-electron chi connectivity index (χ2n) is 11.9. The van der Waals surface area contributed by atoms with Crippen LogP contribution >= 0.6 is 11.6 Å². The van der Waals surface area contributed by atoms with Crippen LogP contribution < -0.4 is 4.74 Å². The van der Waals surface area contributed by atoms with Crippen LogP contribution in [0.2, 0.25) is 0 Å². The van der Waals surface area contributed by atoms with Crippen molar-refractivity contribution in [3.63, 3.8) is 0 Å². The third kappa shape index (κ3) is 11.6. The van der Waals surface area contributed by atoms with Gasteiger partial charge in [-0.1, -0.05) is 122 Å². The third-order valence-electron chi connectivity index (χ3n) is 7.74. The Morgan fingerprint density at radius 3 is 1.85 bits per heavy atom. The minimum Gasteiger partial charge on any atom is -0.425 e. The Labute approximate surface area is 253 Å². The van der Waals surface area contributed by atoms with Crippen LogP contribution in [0.3, 0.4) is 0 Å². The fourth-order valence-electron chi connectivity index (χ4n) is 5.02. The lowest BCUT2D eigenvalue weighted by Gasteiger charge is -2.17. The number of aromatic nitrogens is 2. The smallest absolute Gasteiger partial charge is 0.329 e. The zero-order chi connectivity index (χ0) is 29.5. The van der Waals surface area contributed by atoms with Crippen LogP contribution in [0.15, 0.2) is 60.9 Å². The molecule has 0 radical (unpaired) electrons. The van der Waals surface area contributed by atoms with Gasteiger partial charge in [-0.25, -0.2) is 9.97 Å². The average molecular weight is 577 g/mol. The molecule has 3 rings (SSSR count). The number of aryl methyl sites for hydroxylation is 1. The summed E-state index contributed by atoms with van der Waals surface area (Å²) >= 11 is 6.41. The van der Waals surface area contributed by atoms with Crippen LogP contribution in [0, 0.1) is 11.8 Å². The van der Waals surface area contributed by atoms with Gasteiger partial charge in [-0.15, -0.1) is 11.6 Å². The van der Waals surface area contributed by atoms with E-state index in [0.29, 0.717) is 11.7 Å². The average Bonchev–Trinajstić information content (AvgIpc) is 2.98. The lowest BCUT2D eigenvalue weighted by Crippen LogP contribution is -2.27. The number of benzene rings is 2. The molecule has 2 atom stereocenters. The summed E-state index contributed by atoms with van der Waals surface area (Å²) in [6, 6.07) is 15.8. The summed E-state index contributed by atoms with van der Waals surface area (Å²) in [6.45, 7) is 8.70. The topological polar surface area (TPSA) is 52.1 Å². The number of carbonyl (C=O) groups is 1. The third-order valence-corrected chi connectivity index (χ3v) is 8.35. The van der Waals surface area contributed by atoms with E-state index in [-0.39, 0.29) is 11.9 Å². The predicted molar refractivity (Wildman–Crippen MR) is 172 cm³/mol. The number of halogens is 1. The van der Waals surface area contributed by atoms with E-state index in [9.17, 15) is 4.79 Å². The molecule has 3 aromatic rings. The molecule has 0 aliphatic heterocycles. The van der Waals surface area contributed by atoms with Crippen molar-refractivity contribution < 1.29 is 9.53 Å². The normalized spacial score (nSPS) is 12.8.